The van der Waals surface area contributed by atoms with Crippen LogP contribution in [0.2, 0.25) is 0 Å². The van der Waals surface area contributed by atoms with E-state index in [1.54, 1.807) is 0 Å². The smallest absolute Gasteiger partial charge is 0.161 e. The lowest BCUT2D eigenvalue weighted by Crippen LogP contribution is -2.48. The summed E-state index contributed by atoms with van der Waals surface area (Å²) in [6.07, 6.45) is -36.6. The molecule has 12 aliphatic heterocycles. The number of hydrogen-bond donors (Lipinski definition) is 6. The predicted octanol–water partition coefficient (Wildman–Crippen LogP) is 18.2. The van der Waals surface area contributed by atoms with E-state index in [0.29, 0.717) is 34.0 Å². The van der Waals surface area contributed by atoms with Crippen LogP contribution in [0.1, 0.15) is 357 Å². The molecule has 21 atom stereocenters. The number of methoxy groups -OCH3 is 12. The zero-order valence-electron chi connectivity index (χ0n) is 150. The summed E-state index contributed by atoms with van der Waals surface area (Å²) < 4.78 is 638. The van der Waals surface area contributed by atoms with Crippen molar-refractivity contribution in [1.82, 2.24) is 29.4 Å². The molecular weight excluding hydrogens is 1740 g/mol. The van der Waals surface area contributed by atoms with Crippen LogP contribution in [0.5, 0.6) is 69.0 Å². The summed E-state index contributed by atoms with van der Waals surface area (Å²) in [6.45, 7) is -15.7. The van der Waals surface area contributed by atoms with Crippen LogP contribution < -0.4 is 56.8 Å². The fourth-order valence-electron chi connectivity index (χ4n) is 18.2. The van der Waals surface area contributed by atoms with Crippen LogP contribution in [0.4, 0.5) is 0 Å². The number of benzene rings is 6. The zero-order valence-corrected chi connectivity index (χ0v) is 80.5. The first-order valence-corrected chi connectivity index (χ1v) is 45.2. The van der Waals surface area contributed by atoms with Crippen LogP contribution in [-0.2, 0) is 38.2 Å². The van der Waals surface area contributed by atoms with Gasteiger partial charge in [-0.3, -0.25) is 29.4 Å². The quantitative estimate of drug-likeness (QED) is 0.0329. The maximum atomic E-state index is 11.1. The Bertz CT molecular complexity index is 8110. The molecule has 768 valence electrons. The van der Waals surface area contributed by atoms with Crippen LogP contribution >= 0.6 is 0 Å². The molecule has 24 heteroatoms. The number of ether oxygens (including phenoxy) is 12. The Hall–Kier alpha value is -7.56. The second kappa shape index (κ2) is 49.1. The van der Waals surface area contributed by atoms with Crippen LogP contribution in [0.15, 0.2) is 72.5 Å². The van der Waals surface area contributed by atoms with Crippen molar-refractivity contribution >= 4 is 0 Å². The number of rotatable bonds is 24. The van der Waals surface area contributed by atoms with E-state index in [1.165, 1.54) is 28.4 Å². The maximum Gasteiger partial charge on any atom is 0.161 e. The fraction of sp³-hybridized carbons (Fsp3) is 0.684. The van der Waals surface area contributed by atoms with Crippen molar-refractivity contribution in [3.05, 3.63) is 139 Å². The van der Waals surface area contributed by atoms with Crippen molar-refractivity contribution in [3.63, 3.8) is 0 Å². The lowest BCUT2D eigenvalue weighted by Gasteiger charge is -2.46. The van der Waals surface area contributed by atoms with Gasteiger partial charge in [0.25, 0.3) is 0 Å². The highest BCUT2D eigenvalue weighted by Gasteiger charge is 2.47. The molecule has 6 aromatic carbocycles. The Morgan fingerprint density at radius 2 is 0.442 bits per heavy atom. The Balaban J connectivity index is 0.000000199. The summed E-state index contributed by atoms with van der Waals surface area (Å²) >= 11 is 0. The molecule has 6 aromatic rings. The van der Waals surface area contributed by atoms with E-state index in [2.05, 4.69) is 0 Å². The van der Waals surface area contributed by atoms with E-state index in [-0.39, 0.29) is 109 Å². The van der Waals surface area contributed by atoms with Crippen LogP contribution in [0, 0.1) is 70.9 Å². The molecule has 138 heavy (non-hydrogen) atoms. The number of hydrogen-bond acceptors (Lipinski definition) is 24. The largest absolute Gasteiger partial charge is 0.493 e. The van der Waals surface area contributed by atoms with Gasteiger partial charge in [0.1, 0.15) is 0 Å². The minimum atomic E-state index is -3.20. The summed E-state index contributed by atoms with van der Waals surface area (Å²) in [5.41, 5.74) is -6.09. The third-order valence-corrected chi connectivity index (χ3v) is 24.7. The van der Waals surface area contributed by atoms with Crippen molar-refractivity contribution in [1.29, 1.82) is 0 Å². The molecule has 6 saturated heterocycles. The third-order valence-electron chi connectivity index (χ3n) is 24.7. The molecule has 0 aliphatic carbocycles. The zero-order chi connectivity index (χ0) is 160. The molecule has 6 fully saturated rings. The summed E-state index contributed by atoms with van der Waals surface area (Å²) in [4.78, 5) is 4.92. The van der Waals surface area contributed by atoms with Gasteiger partial charge in [0.05, 0.1) is 159 Å². The maximum absolute atomic E-state index is 11.1. The number of fused-ring (bicyclic) bond motifs is 18. The van der Waals surface area contributed by atoms with Gasteiger partial charge in [-0.25, -0.2) is 0 Å². The fourth-order valence-corrected chi connectivity index (χ4v) is 18.2. The van der Waals surface area contributed by atoms with Gasteiger partial charge in [0, 0.05) is 172 Å². The van der Waals surface area contributed by atoms with Gasteiger partial charge < -0.3 is 87.5 Å². The van der Waals surface area contributed by atoms with Crippen molar-refractivity contribution in [2.75, 3.05) is 163 Å². The Labute approximate surface area is 924 Å². The Morgan fingerprint density at radius 1 is 0.283 bits per heavy atom. The van der Waals surface area contributed by atoms with E-state index in [0.717, 1.165) is 71.0 Å². The van der Waals surface area contributed by atoms with Crippen molar-refractivity contribution in [3.8, 4) is 69.0 Å². The van der Waals surface area contributed by atoms with Gasteiger partial charge in [-0.1, -0.05) is 82.9 Å². The van der Waals surface area contributed by atoms with Gasteiger partial charge in [-0.15, -0.1) is 0 Å². The monoisotopic (exact) mass is 1980 g/mol. The molecule has 12 heterocycles. The van der Waals surface area contributed by atoms with E-state index in [9.17, 15) is 38.9 Å². The van der Waals surface area contributed by atoms with Gasteiger partial charge in [-0.2, -0.15) is 0 Å². The lowest BCUT2D eigenvalue weighted by atomic mass is 9.79. The molecule has 0 amide bonds. The van der Waals surface area contributed by atoms with Crippen LogP contribution in [0.3, 0.4) is 0 Å². The molecule has 6 N–H and O–H groups in total. The van der Waals surface area contributed by atoms with Gasteiger partial charge >= 0.3 is 0 Å². The Morgan fingerprint density at radius 3 is 0.601 bits per heavy atom. The second-order valence-corrected chi connectivity index (χ2v) is 35.8. The Kier molecular flexibility index (Phi) is 17.4. The van der Waals surface area contributed by atoms with Crippen molar-refractivity contribution < 1.29 is 182 Å². The van der Waals surface area contributed by atoms with E-state index < -0.39 is 459 Å². The minimum absolute atomic E-state index is 0.0318. The molecular formula is C114H174N6O18. The highest BCUT2D eigenvalue weighted by Crippen LogP contribution is 2.52. The van der Waals surface area contributed by atoms with E-state index in [4.69, 9.17) is 143 Å². The number of piperidine rings is 6. The van der Waals surface area contributed by atoms with Gasteiger partial charge in [0.15, 0.2) is 69.0 Å². The topological polar surface area (TPSA) is 252 Å². The second-order valence-electron chi connectivity index (χ2n) is 35.8. The normalized spacial score (nSPS) is 44.5. The first-order valence-electron chi connectivity index (χ1n) is 79.7. The molecule has 0 aromatic heterocycles. The number of aliphatic hydroxyl groups excluding tert-OH is 6. The predicted molar refractivity (Wildman–Crippen MR) is 547 cm³/mol. The minimum Gasteiger partial charge on any atom is -0.493 e. The average molecular weight is 1990 g/mol. The van der Waals surface area contributed by atoms with Gasteiger partial charge in [-0.05, 0) is 325 Å². The highest BCUT2D eigenvalue weighted by atomic mass is 16.5. The van der Waals surface area contributed by atoms with Crippen molar-refractivity contribution in [2.45, 2.75) is 271 Å². The molecule has 12 aliphatic rings. The molecule has 0 saturated carbocycles. The third kappa shape index (κ3) is 25.4. The number of nitrogens with zero attached hydrogens (tertiary/aromatic N) is 6. The average Bonchev–Trinajstić information content (AvgIpc) is 0.676. The summed E-state index contributed by atoms with van der Waals surface area (Å²) in [6, 6.07) is -21.2. The van der Waals surface area contributed by atoms with Gasteiger partial charge in [0.2, 0.25) is 0 Å². The molecule has 0 spiro atoms. The molecule has 18 rings (SSSR count). The first kappa shape index (κ1) is 48.9. The lowest BCUT2D eigenvalue weighted by molar-refractivity contribution is -0.0192. The van der Waals surface area contributed by atoms with E-state index >= 15 is 0 Å². The highest BCUT2D eigenvalue weighted by molar-refractivity contribution is 5.55. The van der Waals surface area contributed by atoms with E-state index in [1.807, 2.05) is 41.5 Å². The van der Waals surface area contributed by atoms with Crippen LogP contribution in [0.25, 0.3) is 0 Å². The standard InChI is InChI=1S/6C19H29NO3/c6*1-12(2)7-14-11-20-6-5-13-8-18(22-3)19(23-4)9-15(13)16(20)10-17(14)21/h6*8-9,12,14,16-17,21H,5-7,10-11H2,1-4H3/i1D3,4D3,5D2,6D2,7D2,8D,9D,12D,16D;2*1D3,5D2,6D2,7D2,8D,9D,12D,16D;2*4D3,5D2,6D2,8D,9D,16D;5D2,6D2,8D,9D,16D. The molecule has 0 bridgehead atoms. The van der Waals surface area contributed by atoms with Crippen LogP contribution in [-0.4, -0.2) is 260 Å². The number of aliphatic hydroxyl groups is 6. The molecule has 0 radical (unpaired) electrons. The summed E-state index contributed by atoms with van der Waals surface area (Å²) in [5.74, 6) is -19.5. The molecule has 24 nitrogen and oxygen atoms in total. The summed E-state index contributed by atoms with van der Waals surface area (Å²) in [5, 5.41) is 65.6. The first-order chi connectivity index (χ1) is 92.9. The van der Waals surface area contributed by atoms with Crippen molar-refractivity contribution in [2.24, 2.45) is 70.9 Å². The summed E-state index contributed by atoms with van der Waals surface area (Å²) in [7, 11) is 1.24. The molecule has 21 unspecified atom stereocenters. The SMILES string of the molecule is [2H]c1c(OC([2H])([2H])[2H])c(OC)c([2H])c2c1C1([2H])CC(O)C(C([2H])([2H])C([2H])(C)C([2H])([2H])[2H])CN1C([2H])([2H])C2([2H])[2H].[2H]c1c(OC([2H])([2H])[2H])c(OC)c([2H])c2c1C1([2H])CC(O)C(CC(C)C)CN1C([2H])([2H])C2([2H])[2H].[2H]c1c(OC([2H])([2H])[2H])c(OC)c([2H])c2c1C1([2H])CC(O)C(CC(C)C)CN1C([2H])([2H])C2([2H])[2H].[2H]c1c(OC)c(OC)c([2H])c2c1C1([2H])CC(O)C(C([2H])([2H])C([2H])(C)C([2H])([2H])[2H])CN1C([2H])([2H])C2([2H])[2H].[2H]c1c(OC)c(OC)c([2H])c2c1C1([2H])CC(O)C(C([2H])([2H])C([2H])(C)C([2H])([2H])[2H])CN1C([2H])([2H])C2([2H])[2H].[2H]c1c(OC)c(OC)c([2H])c2c1C1([2H])CC(O)C(CC(C)C)CN1C([2H])([2H])C2([2H])[2H].